The van der Waals surface area contributed by atoms with Crippen molar-refractivity contribution in [2.24, 2.45) is 0 Å². The lowest BCUT2D eigenvalue weighted by molar-refractivity contribution is 0.111. The van der Waals surface area contributed by atoms with Gasteiger partial charge in [-0.2, -0.15) is 0 Å². The molecule has 1 aromatic heterocycles. The molecule has 0 radical (unpaired) electrons. The summed E-state index contributed by atoms with van der Waals surface area (Å²) in [6.07, 6.45) is 5.61. The average Bonchev–Trinajstić information content (AvgIpc) is 3.04. The van der Waals surface area contributed by atoms with Gasteiger partial charge in [-0.05, 0) is 37.8 Å². The van der Waals surface area contributed by atoms with Gasteiger partial charge in [0.05, 0.1) is 6.54 Å². The summed E-state index contributed by atoms with van der Waals surface area (Å²) in [5.41, 5.74) is 1.18. The Hall–Kier alpha value is -1.88. The van der Waals surface area contributed by atoms with E-state index in [1.807, 2.05) is 25.1 Å². The Morgan fingerprint density at radius 3 is 2.74 bits per heavy atom. The molecule has 1 fully saturated rings. The topological polar surface area (TPSA) is 60.2 Å². The van der Waals surface area contributed by atoms with Crippen LogP contribution in [-0.2, 0) is 13.0 Å². The Morgan fingerprint density at radius 2 is 1.96 bits per heavy atom. The Kier molecular flexibility index (Phi) is 5.28. The van der Waals surface area contributed by atoms with Crippen LogP contribution in [0.25, 0.3) is 0 Å². The van der Waals surface area contributed by atoms with E-state index in [-0.39, 0.29) is 6.10 Å². The molecule has 0 spiro atoms. The van der Waals surface area contributed by atoms with Gasteiger partial charge in [-0.1, -0.05) is 31.5 Å². The van der Waals surface area contributed by atoms with Crippen LogP contribution in [0.15, 0.2) is 28.7 Å². The number of rotatable bonds is 6. The minimum atomic E-state index is 0.193. The molecular formula is C18H25N3O2. The molecule has 1 saturated carbocycles. The van der Waals surface area contributed by atoms with Crippen molar-refractivity contribution in [3.8, 4) is 5.75 Å². The van der Waals surface area contributed by atoms with Gasteiger partial charge in [-0.25, -0.2) is 0 Å². The third-order valence-electron chi connectivity index (χ3n) is 4.40. The van der Waals surface area contributed by atoms with Crippen molar-refractivity contribution < 1.29 is 9.15 Å². The van der Waals surface area contributed by atoms with E-state index in [0.29, 0.717) is 24.4 Å². The fraction of sp³-hybridized carbons (Fsp3) is 0.556. The van der Waals surface area contributed by atoms with E-state index in [0.717, 1.165) is 25.0 Å². The van der Waals surface area contributed by atoms with Crippen LogP contribution in [0.3, 0.4) is 0 Å². The minimum Gasteiger partial charge on any atom is -0.489 e. The van der Waals surface area contributed by atoms with Crippen LogP contribution in [0.4, 0.5) is 0 Å². The summed E-state index contributed by atoms with van der Waals surface area (Å²) in [5, 5.41) is 11.6. The first kappa shape index (κ1) is 16.0. The molecule has 1 heterocycles. The quantitative estimate of drug-likeness (QED) is 0.885. The van der Waals surface area contributed by atoms with Crippen molar-refractivity contribution in [1.29, 1.82) is 0 Å². The maximum Gasteiger partial charge on any atom is 0.230 e. The lowest BCUT2D eigenvalue weighted by atomic mass is 9.92. The molecule has 124 valence electrons. The smallest absolute Gasteiger partial charge is 0.230 e. The largest absolute Gasteiger partial charge is 0.489 e. The number of para-hydroxylation sites is 1. The molecular weight excluding hydrogens is 290 g/mol. The number of nitrogens with one attached hydrogen (secondary N) is 1. The minimum absolute atomic E-state index is 0.193. The number of aryl methyl sites for hydroxylation is 2. The highest BCUT2D eigenvalue weighted by Gasteiger charge is 2.27. The number of hydrogen-bond acceptors (Lipinski definition) is 5. The second kappa shape index (κ2) is 7.59. The molecule has 5 nitrogen and oxygen atoms in total. The highest BCUT2D eigenvalue weighted by molar-refractivity contribution is 5.32. The molecule has 0 saturated heterocycles. The van der Waals surface area contributed by atoms with Crippen LogP contribution in [0.5, 0.6) is 5.75 Å². The molecule has 0 amide bonds. The van der Waals surface area contributed by atoms with Crippen LogP contribution >= 0.6 is 0 Å². The predicted octanol–water partition coefficient (Wildman–Crippen LogP) is 3.42. The van der Waals surface area contributed by atoms with Gasteiger partial charge in [0.25, 0.3) is 0 Å². The molecule has 2 atom stereocenters. The molecule has 1 aliphatic rings. The van der Waals surface area contributed by atoms with E-state index >= 15 is 0 Å². The van der Waals surface area contributed by atoms with Crippen LogP contribution in [0, 0.1) is 6.92 Å². The number of hydrogen-bond donors (Lipinski definition) is 1. The number of benzene rings is 1. The highest BCUT2D eigenvalue weighted by atomic mass is 16.5. The summed E-state index contributed by atoms with van der Waals surface area (Å²) < 4.78 is 11.9. The summed E-state index contributed by atoms with van der Waals surface area (Å²) in [4.78, 5) is 0. The fourth-order valence-electron chi connectivity index (χ4n) is 3.04. The summed E-state index contributed by atoms with van der Waals surface area (Å²) in [7, 11) is 0. The molecule has 1 N–H and O–H groups in total. The molecule has 2 aromatic rings. The second-order valence-corrected chi connectivity index (χ2v) is 6.14. The van der Waals surface area contributed by atoms with Gasteiger partial charge in [-0.3, -0.25) is 0 Å². The van der Waals surface area contributed by atoms with E-state index in [4.69, 9.17) is 9.15 Å². The van der Waals surface area contributed by atoms with Crippen molar-refractivity contribution in [1.82, 2.24) is 15.5 Å². The number of nitrogens with zero attached hydrogens (tertiary/aromatic N) is 2. The zero-order chi connectivity index (χ0) is 16.1. The van der Waals surface area contributed by atoms with Gasteiger partial charge in [0, 0.05) is 12.5 Å². The van der Waals surface area contributed by atoms with Crippen molar-refractivity contribution in [2.45, 2.75) is 64.6 Å². The molecule has 23 heavy (non-hydrogen) atoms. The Morgan fingerprint density at radius 1 is 1.17 bits per heavy atom. The van der Waals surface area contributed by atoms with Gasteiger partial charge in [-0.15, -0.1) is 10.2 Å². The van der Waals surface area contributed by atoms with E-state index in [1.165, 1.54) is 18.4 Å². The standard InChI is InChI=1S/C18H25N3O2/c1-3-17-20-21-18(23-17)12-19-14-9-5-7-11-16(14)22-15-10-6-4-8-13(15)2/h4,6,8,10,14,16,19H,3,5,7,9,11-12H2,1-2H3/t14-,16+/m1/s1. The zero-order valence-electron chi connectivity index (χ0n) is 13.9. The van der Waals surface area contributed by atoms with Crippen molar-refractivity contribution >= 4 is 0 Å². The van der Waals surface area contributed by atoms with E-state index < -0.39 is 0 Å². The van der Waals surface area contributed by atoms with E-state index in [9.17, 15) is 0 Å². The molecule has 5 heteroatoms. The monoisotopic (exact) mass is 315 g/mol. The van der Waals surface area contributed by atoms with Crippen LogP contribution < -0.4 is 10.1 Å². The van der Waals surface area contributed by atoms with Crippen LogP contribution in [-0.4, -0.2) is 22.3 Å². The van der Waals surface area contributed by atoms with Gasteiger partial charge < -0.3 is 14.5 Å². The first-order valence-electron chi connectivity index (χ1n) is 8.53. The normalized spacial score (nSPS) is 21.3. The molecule has 1 aromatic carbocycles. The second-order valence-electron chi connectivity index (χ2n) is 6.14. The van der Waals surface area contributed by atoms with E-state index in [1.54, 1.807) is 0 Å². The first-order valence-corrected chi connectivity index (χ1v) is 8.53. The Labute approximate surface area is 137 Å². The lowest BCUT2D eigenvalue weighted by Crippen LogP contribution is -2.45. The van der Waals surface area contributed by atoms with Gasteiger partial charge in [0.2, 0.25) is 11.8 Å². The number of ether oxygens (including phenoxy) is 1. The van der Waals surface area contributed by atoms with Crippen molar-refractivity contribution in [3.05, 3.63) is 41.6 Å². The Balaban J connectivity index is 1.61. The molecule has 0 aliphatic heterocycles. The summed E-state index contributed by atoms with van der Waals surface area (Å²) >= 11 is 0. The van der Waals surface area contributed by atoms with Gasteiger partial charge in [0.15, 0.2) is 0 Å². The average molecular weight is 315 g/mol. The first-order chi connectivity index (χ1) is 11.3. The van der Waals surface area contributed by atoms with Crippen LogP contribution in [0.2, 0.25) is 0 Å². The van der Waals surface area contributed by atoms with Gasteiger partial charge >= 0.3 is 0 Å². The maximum atomic E-state index is 6.28. The van der Waals surface area contributed by atoms with Crippen molar-refractivity contribution in [2.75, 3.05) is 0 Å². The lowest BCUT2D eigenvalue weighted by Gasteiger charge is -2.32. The highest BCUT2D eigenvalue weighted by Crippen LogP contribution is 2.26. The zero-order valence-corrected chi connectivity index (χ0v) is 13.9. The fourth-order valence-corrected chi connectivity index (χ4v) is 3.04. The summed E-state index contributed by atoms with van der Waals surface area (Å²) in [5.74, 6) is 2.33. The SMILES string of the molecule is CCc1nnc(CN[C@@H]2CCCC[C@@H]2Oc2ccccc2C)o1. The summed E-state index contributed by atoms with van der Waals surface area (Å²) in [6.45, 7) is 4.70. The third kappa shape index (κ3) is 4.10. The third-order valence-corrected chi connectivity index (χ3v) is 4.40. The molecule has 3 rings (SSSR count). The Bertz CT molecular complexity index is 626. The van der Waals surface area contributed by atoms with Gasteiger partial charge in [0.1, 0.15) is 11.9 Å². The molecule has 0 unspecified atom stereocenters. The van der Waals surface area contributed by atoms with Crippen molar-refractivity contribution in [3.63, 3.8) is 0 Å². The molecule has 1 aliphatic carbocycles. The maximum absolute atomic E-state index is 6.28. The molecule has 0 bridgehead atoms. The predicted molar refractivity (Wildman–Crippen MR) is 88.4 cm³/mol. The van der Waals surface area contributed by atoms with E-state index in [2.05, 4.69) is 28.5 Å². The summed E-state index contributed by atoms with van der Waals surface area (Å²) in [6, 6.07) is 8.52. The number of aromatic nitrogens is 2. The van der Waals surface area contributed by atoms with Crippen LogP contribution in [0.1, 0.15) is 50.0 Å².